The number of nitrogens with one attached hydrogen (secondary N) is 2. The van der Waals surface area contributed by atoms with Crippen LogP contribution in [0.25, 0.3) is 0 Å². The molecule has 0 bridgehead atoms. The van der Waals surface area contributed by atoms with Crippen LogP contribution >= 0.6 is 0 Å². The monoisotopic (exact) mass is 524 g/mol. The van der Waals surface area contributed by atoms with Crippen molar-refractivity contribution in [2.45, 2.75) is 25.6 Å². The normalized spacial score (nSPS) is 12.6. The zero-order chi connectivity index (χ0) is 26.7. The number of alkyl halides is 3. The Bertz CT molecular complexity index is 1350. The van der Waals surface area contributed by atoms with Crippen LogP contribution in [0.4, 0.5) is 34.8 Å². The number of hydrogen-bond acceptors (Lipinski definition) is 5. The van der Waals surface area contributed by atoms with Gasteiger partial charge in [0.1, 0.15) is 17.3 Å². The Morgan fingerprint density at radius 2 is 1.75 bits per heavy atom. The number of aromatic nitrogens is 1. The number of sulfonamides is 1. The second-order valence-corrected chi connectivity index (χ2v) is 9.87. The van der Waals surface area contributed by atoms with Crippen molar-refractivity contribution < 1.29 is 30.8 Å². The molecular weight excluding hydrogens is 500 g/mol. The van der Waals surface area contributed by atoms with Crippen LogP contribution in [-0.2, 0) is 27.5 Å². The Morgan fingerprint density at radius 3 is 2.33 bits per heavy atom. The van der Waals surface area contributed by atoms with Gasteiger partial charge in [-0.15, -0.1) is 0 Å². The lowest BCUT2D eigenvalue weighted by Gasteiger charge is -2.23. The number of pyridine rings is 1. The van der Waals surface area contributed by atoms with E-state index in [9.17, 15) is 30.8 Å². The van der Waals surface area contributed by atoms with Gasteiger partial charge in [-0.05, 0) is 42.8 Å². The zero-order valence-electron chi connectivity index (χ0n) is 19.6. The molecule has 0 fully saturated rings. The number of para-hydroxylation sites is 1. The number of nitrogens with zero attached hydrogens (tertiary/aromatic N) is 2. The van der Waals surface area contributed by atoms with Crippen LogP contribution in [0.1, 0.15) is 29.7 Å². The summed E-state index contributed by atoms with van der Waals surface area (Å²) >= 11 is 0. The predicted octanol–water partition coefficient (Wildman–Crippen LogP) is 4.80. The van der Waals surface area contributed by atoms with Crippen LogP contribution in [0.15, 0.2) is 60.7 Å². The largest absolute Gasteiger partial charge is 0.433 e. The summed E-state index contributed by atoms with van der Waals surface area (Å²) in [7, 11) is -2.11. The summed E-state index contributed by atoms with van der Waals surface area (Å²) in [6.45, 7) is 1.40. The van der Waals surface area contributed by atoms with Crippen molar-refractivity contribution >= 4 is 33.1 Å². The quantitative estimate of drug-likeness (QED) is 0.413. The molecule has 36 heavy (non-hydrogen) atoms. The number of rotatable bonds is 8. The molecule has 1 unspecified atom stereocenters. The van der Waals surface area contributed by atoms with Crippen molar-refractivity contribution in [2.24, 2.45) is 0 Å². The fourth-order valence-electron chi connectivity index (χ4n) is 3.41. The molecule has 0 saturated heterocycles. The van der Waals surface area contributed by atoms with E-state index in [0.29, 0.717) is 11.3 Å². The number of carbonyl (C=O) groups is 1. The summed E-state index contributed by atoms with van der Waals surface area (Å²) in [4.78, 5) is 18.0. The highest BCUT2D eigenvalue weighted by Crippen LogP contribution is 2.32. The molecule has 2 N–H and O–H groups in total. The molecule has 0 aliphatic rings. The average Bonchev–Trinajstić information content (AvgIpc) is 2.82. The molecule has 0 radical (unpaired) electrons. The van der Waals surface area contributed by atoms with Crippen molar-refractivity contribution in [3.05, 3.63) is 83.3 Å². The molecule has 192 valence electrons. The van der Waals surface area contributed by atoms with Gasteiger partial charge in [0.05, 0.1) is 17.9 Å². The van der Waals surface area contributed by atoms with Crippen LogP contribution in [0.2, 0.25) is 0 Å². The molecule has 1 amide bonds. The van der Waals surface area contributed by atoms with Gasteiger partial charge in [-0.25, -0.2) is 17.8 Å². The number of anilines is 3. The maximum Gasteiger partial charge on any atom is 0.433 e. The van der Waals surface area contributed by atoms with Crippen LogP contribution in [0.3, 0.4) is 0 Å². The molecule has 3 aromatic rings. The summed E-state index contributed by atoms with van der Waals surface area (Å²) in [6.07, 6.45) is -3.76. The summed E-state index contributed by atoms with van der Waals surface area (Å²) in [5, 5.41) is 2.65. The molecular formula is C24H24F4N4O3S. The average molecular weight is 525 g/mol. The standard InChI is InChI=1S/C24H24F4N4O3S/c1-15(16-9-11-20(19(25)13-16)31-36(3,34)35)23(33)29-14-17-10-12-21(24(26,27)28)30-22(17)32(2)18-7-5-4-6-8-18/h4-13,15,31H,14H2,1-3H3,(H,29,33). The Balaban J connectivity index is 1.81. The molecule has 3 rings (SSSR count). The van der Waals surface area contributed by atoms with Gasteiger partial charge in [-0.3, -0.25) is 9.52 Å². The van der Waals surface area contributed by atoms with Crippen LogP contribution < -0.4 is 14.9 Å². The van der Waals surface area contributed by atoms with Crippen molar-refractivity contribution in [3.63, 3.8) is 0 Å². The van der Waals surface area contributed by atoms with E-state index in [4.69, 9.17) is 0 Å². The summed E-state index contributed by atoms with van der Waals surface area (Å²) < 4.78 is 78.9. The Hall–Kier alpha value is -3.67. The smallest absolute Gasteiger partial charge is 0.351 e. The maximum atomic E-state index is 14.3. The lowest BCUT2D eigenvalue weighted by Crippen LogP contribution is -2.29. The SMILES string of the molecule is CC(C(=O)NCc1ccc(C(F)(F)F)nc1N(C)c1ccccc1)c1ccc(NS(C)(=O)=O)c(F)c1. The Labute approximate surface area is 206 Å². The number of amides is 1. The third-order valence-corrected chi connectivity index (χ3v) is 5.93. The van der Waals surface area contributed by atoms with Crippen molar-refractivity contribution in [2.75, 3.05) is 22.9 Å². The molecule has 1 heterocycles. The van der Waals surface area contributed by atoms with E-state index in [2.05, 4.69) is 10.3 Å². The summed E-state index contributed by atoms with van der Waals surface area (Å²) in [6, 6.07) is 14.4. The second kappa shape index (κ2) is 10.5. The van der Waals surface area contributed by atoms with Gasteiger partial charge < -0.3 is 10.2 Å². The predicted molar refractivity (Wildman–Crippen MR) is 129 cm³/mol. The fraction of sp³-hybridized carbons (Fsp3) is 0.250. The van der Waals surface area contributed by atoms with Crippen LogP contribution in [-0.4, -0.2) is 32.6 Å². The first-order valence-corrected chi connectivity index (χ1v) is 12.6. The van der Waals surface area contributed by atoms with Crippen LogP contribution in [0.5, 0.6) is 0 Å². The third kappa shape index (κ3) is 6.72. The van der Waals surface area contributed by atoms with Gasteiger partial charge in [-0.1, -0.05) is 30.3 Å². The van der Waals surface area contributed by atoms with Gasteiger partial charge >= 0.3 is 6.18 Å². The third-order valence-electron chi connectivity index (χ3n) is 5.34. The van der Waals surface area contributed by atoms with E-state index in [1.807, 2.05) is 4.72 Å². The number of carbonyl (C=O) groups excluding carboxylic acids is 1. The van der Waals surface area contributed by atoms with Crippen molar-refractivity contribution in [3.8, 4) is 0 Å². The first-order valence-electron chi connectivity index (χ1n) is 10.7. The van der Waals surface area contributed by atoms with E-state index >= 15 is 0 Å². The van der Waals surface area contributed by atoms with Gasteiger partial charge in [0, 0.05) is 24.8 Å². The topological polar surface area (TPSA) is 91.4 Å². The molecule has 12 heteroatoms. The van der Waals surface area contributed by atoms with Crippen molar-refractivity contribution in [1.82, 2.24) is 10.3 Å². The minimum atomic E-state index is -4.65. The molecule has 0 aliphatic carbocycles. The lowest BCUT2D eigenvalue weighted by atomic mass is 9.99. The van der Waals surface area contributed by atoms with Gasteiger partial charge in [0.2, 0.25) is 15.9 Å². The molecule has 1 aromatic heterocycles. The van der Waals surface area contributed by atoms with E-state index in [-0.39, 0.29) is 23.6 Å². The molecule has 0 aliphatic heterocycles. The van der Waals surface area contributed by atoms with Gasteiger partial charge in [0.25, 0.3) is 0 Å². The molecule has 2 aromatic carbocycles. The fourth-order valence-corrected chi connectivity index (χ4v) is 3.97. The Morgan fingerprint density at radius 1 is 1.08 bits per heavy atom. The van der Waals surface area contributed by atoms with Crippen LogP contribution in [0, 0.1) is 5.82 Å². The maximum absolute atomic E-state index is 14.3. The van der Waals surface area contributed by atoms with E-state index in [1.165, 1.54) is 30.0 Å². The molecule has 0 saturated carbocycles. The summed E-state index contributed by atoms with van der Waals surface area (Å²) in [5.74, 6) is -2.17. The number of halogens is 4. The minimum Gasteiger partial charge on any atom is -0.351 e. The molecule has 7 nitrogen and oxygen atoms in total. The number of benzene rings is 2. The van der Waals surface area contributed by atoms with E-state index in [0.717, 1.165) is 18.4 Å². The molecule has 0 spiro atoms. The Kier molecular flexibility index (Phi) is 7.87. The zero-order valence-corrected chi connectivity index (χ0v) is 20.4. The van der Waals surface area contributed by atoms with Crippen molar-refractivity contribution in [1.29, 1.82) is 0 Å². The lowest BCUT2D eigenvalue weighted by molar-refractivity contribution is -0.141. The second-order valence-electron chi connectivity index (χ2n) is 8.12. The highest BCUT2D eigenvalue weighted by Gasteiger charge is 2.33. The van der Waals surface area contributed by atoms with Gasteiger partial charge in [-0.2, -0.15) is 13.2 Å². The van der Waals surface area contributed by atoms with Gasteiger partial charge in [0.15, 0.2) is 0 Å². The molecule has 1 atom stereocenters. The minimum absolute atomic E-state index is 0.0197. The highest BCUT2D eigenvalue weighted by atomic mass is 32.2. The van der Waals surface area contributed by atoms with E-state index < -0.39 is 39.5 Å². The number of hydrogen-bond donors (Lipinski definition) is 2. The first-order chi connectivity index (χ1) is 16.8. The summed E-state index contributed by atoms with van der Waals surface area (Å²) in [5.41, 5.74) is -0.0891. The van der Waals surface area contributed by atoms with E-state index in [1.54, 1.807) is 37.4 Å². The first kappa shape index (κ1) is 26.9. The highest BCUT2D eigenvalue weighted by molar-refractivity contribution is 7.92.